The van der Waals surface area contributed by atoms with Crippen molar-refractivity contribution >= 4 is 31.9 Å². The fraction of sp³-hybridized carbons (Fsp3) is 0.364. The van der Waals surface area contributed by atoms with Crippen LogP contribution in [0.2, 0.25) is 0 Å². The molecule has 0 aliphatic heterocycles. The van der Waals surface area contributed by atoms with E-state index in [1.807, 2.05) is 0 Å². The highest BCUT2D eigenvalue weighted by Gasteiger charge is 2.30. The van der Waals surface area contributed by atoms with Crippen molar-refractivity contribution in [3.63, 3.8) is 0 Å². The van der Waals surface area contributed by atoms with E-state index in [9.17, 15) is 26.4 Å². The highest BCUT2D eigenvalue weighted by Crippen LogP contribution is 2.23. The SMILES string of the molecule is CC(CC(F)(F)F)NC(=O)c1ccc(Br)c(S(N)(=O)=O)c1. The van der Waals surface area contributed by atoms with Gasteiger partial charge in [-0.1, -0.05) is 0 Å². The Balaban J connectivity index is 2.94. The molecule has 0 heterocycles. The number of carbonyl (C=O) groups excluding carboxylic acids is 1. The molecule has 1 aromatic carbocycles. The van der Waals surface area contributed by atoms with E-state index in [0.717, 1.165) is 6.07 Å². The van der Waals surface area contributed by atoms with E-state index >= 15 is 0 Å². The standard InChI is InChI=1S/C11H12BrF3N2O3S/c1-6(5-11(13,14)15)17-10(18)7-2-3-8(12)9(4-7)21(16,19)20/h2-4,6H,5H2,1H3,(H,17,18)(H2,16,19,20). The fourth-order valence-corrected chi connectivity index (χ4v) is 3.12. The van der Waals surface area contributed by atoms with Gasteiger partial charge < -0.3 is 5.32 Å². The average molecular weight is 389 g/mol. The van der Waals surface area contributed by atoms with Gasteiger partial charge in [0.25, 0.3) is 5.91 Å². The lowest BCUT2D eigenvalue weighted by Gasteiger charge is -2.16. The van der Waals surface area contributed by atoms with E-state index in [1.165, 1.54) is 19.1 Å². The van der Waals surface area contributed by atoms with Crippen molar-refractivity contribution in [3.8, 4) is 0 Å². The topological polar surface area (TPSA) is 89.3 Å². The Morgan fingerprint density at radius 2 is 2.00 bits per heavy atom. The number of amides is 1. The summed E-state index contributed by atoms with van der Waals surface area (Å²) in [5.74, 6) is -0.816. The maximum atomic E-state index is 12.2. The van der Waals surface area contributed by atoms with Crippen LogP contribution in [0.25, 0.3) is 0 Å². The summed E-state index contributed by atoms with van der Waals surface area (Å²) >= 11 is 2.97. The van der Waals surface area contributed by atoms with Crippen LogP contribution in [0.3, 0.4) is 0 Å². The molecule has 0 fully saturated rings. The number of sulfonamides is 1. The van der Waals surface area contributed by atoms with Gasteiger partial charge in [0.05, 0.1) is 11.3 Å². The Labute approximate surface area is 127 Å². The number of hydrogen-bond donors (Lipinski definition) is 2. The molecule has 3 N–H and O–H groups in total. The first-order valence-corrected chi connectivity index (χ1v) is 7.94. The second-order valence-corrected chi connectivity index (χ2v) is 6.77. The fourth-order valence-electron chi connectivity index (χ4n) is 1.57. The number of carbonyl (C=O) groups is 1. The summed E-state index contributed by atoms with van der Waals surface area (Å²) in [6, 6.07) is 2.41. The molecule has 0 radical (unpaired) electrons. The molecule has 5 nitrogen and oxygen atoms in total. The number of hydrogen-bond acceptors (Lipinski definition) is 3. The molecule has 21 heavy (non-hydrogen) atoms. The Morgan fingerprint density at radius 1 is 1.43 bits per heavy atom. The zero-order valence-electron chi connectivity index (χ0n) is 10.7. The van der Waals surface area contributed by atoms with E-state index in [-0.39, 0.29) is 14.9 Å². The normalized spacial score (nSPS) is 13.8. The second kappa shape index (κ2) is 6.32. The minimum absolute atomic E-state index is 0.101. The largest absolute Gasteiger partial charge is 0.391 e. The predicted octanol–water partition coefficient (Wildman–Crippen LogP) is 2.17. The van der Waals surface area contributed by atoms with Crippen LogP contribution in [0.5, 0.6) is 0 Å². The highest BCUT2D eigenvalue weighted by molar-refractivity contribution is 9.10. The van der Waals surface area contributed by atoms with Crippen molar-refractivity contribution in [2.75, 3.05) is 0 Å². The summed E-state index contributed by atoms with van der Waals surface area (Å²) in [7, 11) is -4.05. The van der Waals surface area contributed by atoms with Crippen LogP contribution in [0.15, 0.2) is 27.6 Å². The summed E-state index contributed by atoms with van der Waals surface area (Å²) in [5.41, 5.74) is -0.101. The van der Waals surface area contributed by atoms with E-state index in [4.69, 9.17) is 5.14 Å². The van der Waals surface area contributed by atoms with Crippen LogP contribution in [0.4, 0.5) is 13.2 Å². The van der Waals surface area contributed by atoms with Crippen LogP contribution in [0.1, 0.15) is 23.7 Å². The molecular formula is C11H12BrF3N2O3S. The van der Waals surface area contributed by atoms with Gasteiger partial charge in [-0.05, 0) is 41.1 Å². The van der Waals surface area contributed by atoms with Gasteiger partial charge in [0, 0.05) is 16.1 Å². The van der Waals surface area contributed by atoms with Crippen LogP contribution >= 0.6 is 15.9 Å². The minimum atomic E-state index is -4.40. The van der Waals surface area contributed by atoms with Gasteiger partial charge >= 0.3 is 6.18 Å². The molecule has 0 aromatic heterocycles. The first-order valence-electron chi connectivity index (χ1n) is 5.60. The van der Waals surface area contributed by atoms with Crippen LogP contribution in [0, 0.1) is 0 Å². The van der Waals surface area contributed by atoms with E-state index < -0.39 is 34.6 Å². The van der Waals surface area contributed by atoms with Crippen LogP contribution in [-0.4, -0.2) is 26.5 Å². The number of halogens is 4. The number of primary sulfonamides is 1. The van der Waals surface area contributed by atoms with Crippen LogP contribution in [-0.2, 0) is 10.0 Å². The Bertz CT molecular complexity index is 647. The molecule has 1 atom stereocenters. The second-order valence-electron chi connectivity index (χ2n) is 4.38. The summed E-state index contributed by atoms with van der Waals surface area (Å²) in [5, 5.41) is 7.11. The van der Waals surface area contributed by atoms with Crippen molar-refractivity contribution in [1.82, 2.24) is 5.32 Å². The summed E-state index contributed by atoms with van der Waals surface area (Å²) in [6.07, 6.45) is -5.59. The summed E-state index contributed by atoms with van der Waals surface area (Å²) in [6.45, 7) is 1.20. The van der Waals surface area contributed by atoms with Crippen molar-refractivity contribution in [1.29, 1.82) is 0 Å². The van der Waals surface area contributed by atoms with Gasteiger partial charge in [-0.25, -0.2) is 13.6 Å². The zero-order valence-corrected chi connectivity index (χ0v) is 13.1. The first-order chi connectivity index (χ1) is 9.40. The quantitative estimate of drug-likeness (QED) is 0.827. The third kappa shape index (κ3) is 5.64. The Morgan fingerprint density at radius 3 is 2.48 bits per heavy atom. The molecule has 10 heteroatoms. The lowest BCUT2D eigenvalue weighted by atomic mass is 10.1. The molecule has 1 amide bonds. The van der Waals surface area contributed by atoms with Crippen molar-refractivity contribution < 1.29 is 26.4 Å². The number of rotatable bonds is 4. The molecule has 0 bridgehead atoms. The van der Waals surface area contributed by atoms with Crippen molar-refractivity contribution in [2.24, 2.45) is 5.14 Å². The average Bonchev–Trinajstić information content (AvgIpc) is 2.24. The predicted molar refractivity (Wildman–Crippen MR) is 73.1 cm³/mol. The molecule has 0 spiro atoms. The molecule has 0 aliphatic carbocycles. The first kappa shape index (κ1) is 17.9. The summed E-state index contributed by atoms with van der Waals surface area (Å²) in [4.78, 5) is 11.5. The van der Waals surface area contributed by atoms with Gasteiger partial charge in [0.1, 0.15) is 0 Å². The third-order valence-electron chi connectivity index (χ3n) is 2.42. The highest BCUT2D eigenvalue weighted by atomic mass is 79.9. The van der Waals surface area contributed by atoms with E-state index in [2.05, 4.69) is 21.2 Å². The molecule has 0 saturated heterocycles. The number of nitrogens with one attached hydrogen (secondary N) is 1. The van der Waals surface area contributed by atoms with Crippen molar-refractivity contribution in [2.45, 2.75) is 30.5 Å². The minimum Gasteiger partial charge on any atom is -0.349 e. The number of nitrogens with two attached hydrogens (primary N) is 1. The molecule has 1 aromatic rings. The molecular weight excluding hydrogens is 377 g/mol. The lowest BCUT2D eigenvalue weighted by molar-refractivity contribution is -0.138. The van der Waals surface area contributed by atoms with Gasteiger partial charge in [0.2, 0.25) is 10.0 Å². The Hall–Kier alpha value is -1.13. The zero-order chi connectivity index (χ0) is 16.4. The number of benzene rings is 1. The monoisotopic (exact) mass is 388 g/mol. The molecule has 118 valence electrons. The summed E-state index contributed by atoms with van der Waals surface area (Å²) < 4.78 is 59.3. The van der Waals surface area contributed by atoms with Gasteiger partial charge in [-0.2, -0.15) is 13.2 Å². The Kier molecular flexibility index (Phi) is 5.40. The molecule has 0 saturated carbocycles. The smallest absolute Gasteiger partial charge is 0.349 e. The van der Waals surface area contributed by atoms with Crippen LogP contribution < -0.4 is 10.5 Å². The van der Waals surface area contributed by atoms with E-state index in [0.29, 0.717) is 0 Å². The van der Waals surface area contributed by atoms with Gasteiger partial charge in [0.15, 0.2) is 0 Å². The van der Waals surface area contributed by atoms with Gasteiger partial charge in [-0.3, -0.25) is 4.79 Å². The molecule has 1 unspecified atom stereocenters. The van der Waals surface area contributed by atoms with Crippen molar-refractivity contribution in [3.05, 3.63) is 28.2 Å². The third-order valence-corrected chi connectivity index (χ3v) is 4.32. The van der Waals surface area contributed by atoms with E-state index in [1.54, 1.807) is 0 Å². The molecule has 1 rings (SSSR count). The maximum Gasteiger partial charge on any atom is 0.391 e. The van der Waals surface area contributed by atoms with Gasteiger partial charge in [-0.15, -0.1) is 0 Å². The molecule has 0 aliphatic rings. The number of alkyl halides is 3. The lowest BCUT2D eigenvalue weighted by Crippen LogP contribution is -2.36. The maximum absolute atomic E-state index is 12.2.